The fourth-order valence-electron chi connectivity index (χ4n) is 5.27. The fraction of sp³-hybridized carbons (Fsp3) is 0.242. The van der Waals surface area contributed by atoms with Crippen LogP contribution in [0.1, 0.15) is 54.7 Å². The maximum Gasteiger partial charge on any atom is 0.301 e. The number of fused-ring (bicyclic) bond motifs is 1. The molecule has 9 nitrogen and oxygen atoms in total. The number of nitrogens with zero attached hydrogens (tertiary/aromatic N) is 5. The van der Waals surface area contributed by atoms with Gasteiger partial charge in [-0.05, 0) is 60.9 Å². The van der Waals surface area contributed by atoms with Crippen LogP contribution in [-0.2, 0) is 15.3 Å². The molecule has 1 N–H and O–H groups in total. The molecule has 1 amide bonds. The summed E-state index contributed by atoms with van der Waals surface area (Å²) in [4.78, 5) is 33.4. The van der Waals surface area contributed by atoms with E-state index in [9.17, 15) is 19.1 Å². The van der Waals surface area contributed by atoms with Crippen molar-refractivity contribution in [3.63, 3.8) is 0 Å². The summed E-state index contributed by atoms with van der Waals surface area (Å²) in [6.45, 7) is 4.39. The molecule has 1 aliphatic heterocycles. The van der Waals surface area contributed by atoms with E-state index >= 15 is 0 Å². The number of aromatic nitrogens is 4. The van der Waals surface area contributed by atoms with Crippen molar-refractivity contribution in [2.75, 3.05) is 11.5 Å². The Balaban J connectivity index is 1.41. The van der Waals surface area contributed by atoms with Crippen molar-refractivity contribution in [3.8, 4) is 5.75 Å². The number of halogens is 1. The lowest BCUT2D eigenvalue weighted by Gasteiger charge is -2.23. The number of aliphatic hydroxyl groups is 1. The molecule has 0 saturated carbocycles. The third-order valence-electron chi connectivity index (χ3n) is 7.44. The van der Waals surface area contributed by atoms with E-state index < -0.39 is 17.7 Å². The van der Waals surface area contributed by atoms with Crippen LogP contribution in [0.3, 0.4) is 0 Å². The van der Waals surface area contributed by atoms with E-state index in [-0.39, 0.29) is 22.3 Å². The van der Waals surface area contributed by atoms with Gasteiger partial charge in [-0.3, -0.25) is 18.9 Å². The number of carbonyl (C=O) groups is 2. The third-order valence-corrected chi connectivity index (χ3v) is 9.57. The van der Waals surface area contributed by atoms with E-state index in [2.05, 4.69) is 22.1 Å². The van der Waals surface area contributed by atoms with Gasteiger partial charge in [0.15, 0.2) is 10.1 Å². The van der Waals surface area contributed by atoms with Gasteiger partial charge < -0.3 is 9.84 Å². The van der Waals surface area contributed by atoms with E-state index in [1.807, 2.05) is 12.1 Å². The van der Waals surface area contributed by atoms with Crippen molar-refractivity contribution in [3.05, 3.63) is 107 Å². The number of rotatable bonds is 11. The van der Waals surface area contributed by atoms with Gasteiger partial charge in [-0.2, -0.15) is 0 Å². The van der Waals surface area contributed by atoms with Crippen LogP contribution in [0.2, 0.25) is 0 Å². The molecule has 1 saturated heterocycles. The molecule has 12 heteroatoms. The van der Waals surface area contributed by atoms with Crippen molar-refractivity contribution in [2.24, 2.45) is 0 Å². The minimum Gasteiger partial charge on any atom is -0.505 e. The minimum atomic E-state index is -0.999. The van der Waals surface area contributed by atoms with Gasteiger partial charge in [-0.25, -0.2) is 9.37 Å². The number of hydrogen-bond donors (Lipinski definition) is 1. The van der Waals surface area contributed by atoms with Gasteiger partial charge >= 0.3 is 5.91 Å². The van der Waals surface area contributed by atoms with Gasteiger partial charge in [-0.1, -0.05) is 73.2 Å². The Morgan fingerprint density at radius 3 is 2.69 bits per heavy atom. The van der Waals surface area contributed by atoms with E-state index in [0.29, 0.717) is 45.0 Å². The first kappa shape index (κ1) is 30.5. The van der Waals surface area contributed by atoms with E-state index in [4.69, 9.17) is 4.74 Å². The number of thioether (sulfide) groups is 1. The number of amides is 1. The summed E-state index contributed by atoms with van der Waals surface area (Å²) >= 11 is 2.55. The highest BCUT2D eigenvalue weighted by Gasteiger charge is 2.49. The summed E-state index contributed by atoms with van der Waals surface area (Å²) in [7, 11) is 0. The lowest BCUT2D eigenvalue weighted by molar-refractivity contribution is -0.132. The van der Waals surface area contributed by atoms with Crippen LogP contribution in [0.25, 0.3) is 11.4 Å². The molecular formula is C33H30FN5O4S2. The van der Waals surface area contributed by atoms with Crippen LogP contribution >= 0.6 is 23.1 Å². The summed E-state index contributed by atoms with van der Waals surface area (Å²) in [5.41, 5.74) is 2.83. The molecule has 1 fully saturated rings. The predicted molar refractivity (Wildman–Crippen MR) is 172 cm³/mol. The van der Waals surface area contributed by atoms with Crippen LogP contribution in [0.5, 0.6) is 5.75 Å². The van der Waals surface area contributed by atoms with Crippen molar-refractivity contribution in [2.45, 2.75) is 49.2 Å². The van der Waals surface area contributed by atoms with Gasteiger partial charge in [-0.15, -0.1) is 10.2 Å². The van der Waals surface area contributed by atoms with Crippen LogP contribution in [-0.4, -0.2) is 43.0 Å². The second-order valence-electron chi connectivity index (χ2n) is 10.5. The van der Waals surface area contributed by atoms with Crippen molar-refractivity contribution < 1.29 is 23.8 Å². The Bertz CT molecular complexity index is 1900. The molecular weight excluding hydrogens is 614 g/mol. The number of benzene rings is 2. The zero-order chi connectivity index (χ0) is 31.5. The monoisotopic (exact) mass is 643 g/mol. The molecule has 0 spiro atoms. The average Bonchev–Trinajstić information content (AvgIpc) is 3.72. The highest BCUT2D eigenvalue weighted by Crippen LogP contribution is 2.45. The molecule has 1 unspecified atom stereocenters. The largest absolute Gasteiger partial charge is 0.505 e. The Kier molecular flexibility index (Phi) is 8.95. The molecule has 5 aromatic rings. The molecule has 45 heavy (non-hydrogen) atoms. The summed E-state index contributed by atoms with van der Waals surface area (Å²) in [5, 5.41) is 20.6. The van der Waals surface area contributed by atoms with Crippen molar-refractivity contribution >= 4 is 51.3 Å². The third kappa shape index (κ3) is 6.20. The molecule has 4 heterocycles. The van der Waals surface area contributed by atoms with Gasteiger partial charge in [0.25, 0.3) is 5.78 Å². The second kappa shape index (κ2) is 13.2. The Morgan fingerprint density at radius 2 is 1.89 bits per heavy atom. The fourth-order valence-corrected chi connectivity index (χ4v) is 7.10. The Morgan fingerprint density at radius 1 is 1.07 bits per heavy atom. The molecule has 1 aliphatic rings. The number of unbranched alkanes of at least 4 members (excludes halogenated alkanes) is 2. The first-order valence-electron chi connectivity index (χ1n) is 14.5. The van der Waals surface area contributed by atoms with Crippen LogP contribution in [0.4, 0.5) is 9.52 Å². The average molecular weight is 644 g/mol. The molecule has 0 aliphatic carbocycles. The number of pyridine rings is 1. The highest BCUT2D eigenvalue weighted by atomic mass is 32.2. The number of aryl methyl sites for hydroxylation is 1. The Hall–Kier alpha value is -4.55. The molecule has 6 rings (SSSR count). The number of carbonyl (C=O) groups excluding carboxylic acids is 2. The summed E-state index contributed by atoms with van der Waals surface area (Å²) in [6, 6.07) is 17.8. The van der Waals surface area contributed by atoms with E-state index in [0.717, 1.165) is 36.2 Å². The molecule has 0 bridgehead atoms. The van der Waals surface area contributed by atoms with Gasteiger partial charge in [0.1, 0.15) is 22.9 Å². The summed E-state index contributed by atoms with van der Waals surface area (Å²) < 4.78 is 21.6. The number of hydrogen-bond acceptors (Lipinski definition) is 9. The number of ether oxygens (including phenoxy) is 1. The normalized spacial score (nSPS) is 16.2. The van der Waals surface area contributed by atoms with E-state index in [1.54, 1.807) is 60.0 Å². The molecule has 230 valence electrons. The molecule has 1 atom stereocenters. The van der Waals surface area contributed by atoms with Crippen LogP contribution in [0, 0.1) is 12.7 Å². The smallest absolute Gasteiger partial charge is 0.301 e. The zero-order valence-corrected chi connectivity index (χ0v) is 26.3. The standard InChI is InChI=1S/C33H30FN5O4S2/c1-3-4-7-17-43-24-10-8-9-22(18-24)28-26(29(40)27-20(2)35-25-11-5-6-16-38(25)27)30(41)31(42)39(28)32-36-37-33(45-32)44-19-21-12-14-23(34)15-13-21/h5-6,8-16,18,28,40H,3-4,7,17,19H2,1-2H3. The lowest BCUT2D eigenvalue weighted by atomic mass is 9.96. The topological polar surface area (TPSA) is 110 Å². The van der Waals surface area contributed by atoms with Crippen molar-refractivity contribution in [1.29, 1.82) is 0 Å². The lowest BCUT2D eigenvalue weighted by Crippen LogP contribution is -2.29. The second-order valence-corrected chi connectivity index (χ2v) is 12.7. The Labute approximate surface area is 267 Å². The number of Topliss-reactive ketones (excluding diaryl/α,β-unsaturated/α-hetero) is 1. The summed E-state index contributed by atoms with van der Waals surface area (Å²) in [5.74, 6) is -1.20. The van der Waals surface area contributed by atoms with Crippen LogP contribution in [0.15, 0.2) is 82.8 Å². The zero-order valence-electron chi connectivity index (χ0n) is 24.6. The molecule has 2 aromatic carbocycles. The van der Waals surface area contributed by atoms with Crippen molar-refractivity contribution in [1.82, 2.24) is 19.6 Å². The maximum absolute atomic E-state index is 13.8. The van der Waals surface area contributed by atoms with Gasteiger partial charge in [0.2, 0.25) is 5.13 Å². The number of imidazole rings is 1. The highest BCUT2D eigenvalue weighted by molar-refractivity contribution is 8.00. The van der Waals surface area contributed by atoms with Crippen LogP contribution < -0.4 is 9.64 Å². The number of aliphatic hydroxyl groups excluding tert-OH is 1. The summed E-state index contributed by atoms with van der Waals surface area (Å²) in [6.07, 6.45) is 4.75. The molecule has 0 radical (unpaired) electrons. The quantitative estimate of drug-likeness (QED) is 0.0405. The minimum absolute atomic E-state index is 0.0763. The number of ketones is 1. The molecule has 3 aromatic heterocycles. The van der Waals surface area contributed by atoms with E-state index in [1.165, 1.54) is 28.8 Å². The SMILES string of the molecule is CCCCCOc1cccc(C2C(=C(O)c3c(C)nc4ccccn34)C(=O)C(=O)N2c2nnc(SCc3ccc(F)cc3)s2)c1. The predicted octanol–water partition coefficient (Wildman–Crippen LogP) is 7.12. The maximum atomic E-state index is 13.8. The first-order valence-corrected chi connectivity index (χ1v) is 16.3. The van der Waals surface area contributed by atoms with Gasteiger partial charge in [0.05, 0.1) is 23.9 Å². The number of anilines is 1. The first-order chi connectivity index (χ1) is 21.9. The van der Waals surface area contributed by atoms with Gasteiger partial charge in [0, 0.05) is 11.9 Å².